The molecule has 0 spiro atoms. The summed E-state index contributed by atoms with van der Waals surface area (Å²) < 4.78 is 0. The number of carbonyl (C=O) groups is 1. The van der Waals surface area contributed by atoms with E-state index in [0.717, 1.165) is 12.8 Å². The molecule has 1 saturated carbocycles. The third kappa shape index (κ3) is 2.83. The molecule has 0 radical (unpaired) electrons. The minimum absolute atomic E-state index is 0.187. The van der Waals surface area contributed by atoms with Crippen LogP contribution in [0.3, 0.4) is 0 Å². The van der Waals surface area contributed by atoms with Gasteiger partial charge in [0, 0.05) is 12.6 Å². The van der Waals surface area contributed by atoms with E-state index in [1.54, 1.807) is 6.08 Å². The lowest BCUT2D eigenvalue weighted by molar-refractivity contribution is -0.129. The van der Waals surface area contributed by atoms with Crippen LogP contribution in [0.15, 0.2) is 12.7 Å². The average molecular weight is 246 g/mol. The topological polar surface area (TPSA) is 20.3 Å². The number of hydrogen-bond acceptors (Lipinski definition) is 1. The molecule has 0 heterocycles. The van der Waals surface area contributed by atoms with Gasteiger partial charge in [0.15, 0.2) is 0 Å². The van der Waals surface area contributed by atoms with Gasteiger partial charge in [0.25, 0.3) is 0 Å². The molecule has 3 heteroatoms. The molecule has 13 heavy (non-hydrogen) atoms. The summed E-state index contributed by atoms with van der Waals surface area (Å²) in [5.74, 6) is 0.187. The predicted molar refractivity (Wildman–Crippen MR) is 58.0 cm³/mol. The number of alkyl halides is 1. The van der Waals surface area contributed by atoms with Crippen molar-refractivity contribution >= 4 is 21.8 Å². The van der Waals surface area contributed by atoms with Crippen LogP contribution in [0.5, 0.6) is 0 Å². The Morgan fingerprint density at radius 3 is 2.62 bits per heavy atom. The first-order valence-electron chi connectivity index (χ1n) is 4.76. The fraction of sp³-hybridized carbons (Fsp3) is 0.700. The molecule has 0 aromatic carbocycles. The van der Waals surface area contributed by atoms with Crippen molar-refractivity contribution in [2.45, 2.75) is 31.7 Å². The molecule has 0 saturated heterocycles. The second-order valence-corrected chi connectivity index (χ2v) is 3.97. The van der Waals surface area contributed by atoms with Crippen LogP contribution in [-0.4, -0.2) is 28.7 Å². The number of rotatable bonds is 4. The molecular weight excluding hydrogens is 230 g/mol. The summed E-state index contributed by atoms with van der Waals surface area (Å²) in [6, 6.07) is 0.461. The minimum Gasteiger partial charge on any atom is -0.335 e. The molecule has 2 nitrogen and oxygen atoms in total. The molecule has 0 bridgehead atoms. The van der Waals surface area contributed by atoms with E-state index in [-0.39, 0.29) is 5.91 Å². The zero-order valence-electron chi connectivity index (χ0n) is 7.84. The summed E-state index contributed by atoms with van der Waals surface area (Å²) in [5, 5.41) is 0.428. The van der Waals surface area contributed by atoms with Crippen LogP contribution < -0.4 is 0 Å². The van der Waals surface area contributed by atoms with Crippen molar-refractivity contribution in [1.29, 1.82) is 0 Å². The third-order valence-corrected chi connectivity index (χ3v) is 3.01. The van der Waals surface area contributed by atoms with Crippen LogP contribution in [-0.2, 0) is 4.79 Å². The van der Waals surface area contributed by atoms with E-state index in [0.29, 0.717) is 17.9 Å². The van der Waals surface area contributed by atoms with E-state index in [1.807, 2.05) is 4.90 Å². The number of halogens is 1. The molecule has 0 N–H and O–H groups in total. The molecule has 1 fully saturated rings. The normalized spacial score (nSPS) is 17.3. The quantitative estimate of drug-likeness (QED) is 0.550. The van der Waals surface area contributed by atoms with Crippen molar-refractivity contribution in [2.24, 2.45) is 0 Å². The Morgan fingerprint density at radius 1 is 1.54 bits per heavy atom. The van der Waals surface area contributed by atoms with Gasteiger partial charge in [-0.25, -0.2) is 0 Å². The highest BCUT2D eigenvalue weighted by atomic mass is 79.9. The Bertz CT molecular complexity index is 187. The van der Waals surface area contributed by atoms with E-state index in [2.05, 4.69) is 22.5 Å². The Labute approximate surface area is 88.1 Å². The molecule has 1 aliphatic carbocycles. The summed E-state index contributed by atoms with van der Waals surface area (Å²) in [7, 11) is 0. The lowest BCUT2D eigenvalue weighted by Gasteiger charge is -2.27. The number of amides is 1. The predicted octanol–water partition coefficient (Wildman–Crippen LogP) is 2.34. The first-order chi connectivity index (χ1) is 6.29. The number of carbonyl (C=O) groups excluding carboxylic acids is 1. The summed E-state index contributed by atoms with van der Waals surface area (Å²) in [6.45, 7) is 4.37. The molecule has 0 atom stereocenters. The van der Waals surface area contributed by atoms with E-state index >= 15 is 0 Å². The van der Waals surface area contributed by atoms with Gasteiger partial charge in [-0.3, -0.25) is 4.79 Å². The van der Waals surface area contributed by atoms with Gasteiger partial charge in [0.2, 0.25) is 5.91 Å². The monoisotopic (exact) mass is 245 g/mol. The Morgan fingerprint density at radius 2 is 2.15 bits per heavy atom. The smallest absolute Gasteiger partial charge is 0.233 e. The van der Waals surface area contributed by atoms with Gasteiger partial charge in [0.05, 0.1) is 5.33 Å². The zero-order valence-corrected chi connectivity index (χ0v) is 9.42. The summed E-state index contributed by atoms with van der Waals surface area (Å²) in [4.78, 5) is 13.5. The van der Waals surface area contributed by atoms with Gasteiger partial charge in [-0.05, 0) is 12.8 Å². The van der Waals surface area contributed by atoms with Crippen molar-refractivity contribution in [3.8, 4) is 0 Å². The molecular formula is C10H16BrNO. The van der Waals surface area contributed by atoms with Crippen molar-refractivity contribution < 1.29 is 4.79 Å². The largest absolute Gasteiger partial charge is 0.335 e. The number of nitrogens with zero attached hydrogens (tertiary/aromatic N) is 1. The van der Waals surface area contributed by atoms with Crippen LogP contribution in [0.1, 0.15) is 25.7 Å². The van der Waals surface area contributed by atoms with Crippen LogP contribution in [0, 0.1) is 0 Å². The van der Waals surface area contributed by atoms with Gasteiger partial charge in [-0.2, -0.15) is 0 Å². The van der Waals surface area contributed by atoms with Crippen molar-refractivity contribution in [1.82, 2.24) is 4.90 Å². The highest BCUT2D eigenvalue weighted by molar-refractivity contribution is 9.09. The van der Waals surface area contributed by atoms with Crippen molar-refractivity contribution in [2.75, 3.05) is 11.9 Å². The second-order valence-electron chi connectivity index (χ2n) is 3.41. The molecule has 1 aliphatic rings. The highest BCUT2D eigenvalue weighted by Gasteiger charge is 2.24. The van der Waals surface area contributed by atoms with Gasteiger partial charge in [0.1, 0.15) is 0 Å². The van der Waals surface area contributed by atoms with Crippen LogP contribution >= 0.6 is 15.9 Å². The lowest BCUT2D eigenvalue weighted by atomic mass is 10.2. The number of hydrogen-bond donors (Lipinski definition) is 0. The minimum atomic E-state index is 0.187. The van der Waals surface area contributed by atoms with E-state index in [9.17, 15) is 4.79 Å². The fourth-order valence-electron chi connectivity index (χ4n) is 1.89. The first-order valence-corrected chi connectivity index (χ1v) is 5.88. The first kappa shape index (κ1) is 10.8. The maximum Gasteiger partial charge on any atom is 0.233 e. The van der Waals surface area contributed by atoms with Gasteiger partial charge in [-0.15, -0.1) is 6.58 Å². The van der Waals surface area contributed by atoms with Crippen molar-refractivity contribution in [3.05, 3.63) is 12.7 Å². The second kappa shape index (κ2) is 5.43. The molecule has 0 aromatic rings. The summed E-state index contributed by atoms with van der Waals surface area (Å²) >= 11 is 3.21. The Hall–Kier alpha value is -0.310. The van der Waals surface area contributed by atoms with Crippen LogP contribution in [0.25, 0.3) is 0 Å². The maximum absolute atomic E-state index is 11.5. The van der Waals surface area contributed by atoms with E-state index in [1.165, 1.54) is 12.8 Å². The summed E-state index contributed by atoms with van der Waals surface area (Å²) in [6.07, 6.45) is 6.64. The zero-order chi connectivity index (χ0) is 9.68. The SMILES string of the molecule is C=CCN(C(=O)CBr)C1CCCC1. The van der Waals surface area contributed by atoms with Gasteiger partial charge in [-0.1, -0.05) is 34.8 Å². The van der Waals surface area contributed by atoms with E-state index in [4.69, 9.17) is 0 Å². The lowest BCUT2D eigenvalue weighted by Crippen LogP contribution is -2.39. The van der Waals surface area contributed by atoms with Crippen LogP contribution in [0.2, 0.25) is 0 Å². The van der Waals surface area contributed by atoms with Gasteiger partial charge < -0.3 is 4.90 Å². The standard InChI is InChI=1S/C10H16BrNO/c1-2-7-12(10(13)8-11)9-5-3-4-6-9/h2,9H,1,3-8H2. The average Bonchev–Trinajstić information content (AvgIpc) is 2.65. The summed E-state index contributed by atoms with van der Waals surface area (Å²) in [5.41, 5.74) is 0. The third-order valence-electron chi connectivity index (χ3n) is 2.53. The Kier molecular flexibility index (Phi) is 4.50. The molecule has 0 aliphatic heterocycles. The van der Waals surface area contributed by atoms with Gasteiger partial charge >= 0.3 is 0 Å². The van der Waals surface area contributed by atoms with Crippen LogP contribution in [0.4, 0.5) is 0 Å². The van der Waals surface area contributed by atoms with Crippen molar-refractivity contribution in [3.63, 3.8) is 0 Å². The maximum atomic E-state index is 11.5. The molecule has 1 amide bonds. The highest BCUT2D eigenvalue weighted by Crippen LogP contribution is 2.23. The molecule has 0 unspecified atom stereocenters. The fourth-order valence-corrected chi connectivity index (χ4v) is 2.21. The molecule has 1 rings (SSSR count). The van der Waals surface area contributed by atoms with E-state index < -0.39 is 0 Å². The molecule has 0 aromatic heterocycles. The Balaban J connectivity index is 2.54. The molecule has 74 valence electrons.